The molecule has 0 aliphatic rings. The molecular weight excluding hydrogens is 386 g/mol. The predicted octanol–water partition coefficient (Wildman–Crippen LogP) is 2.22. The van der Waals surface area contributed by atoms with Crippen molar-refractivity contribution >= 4 is 33.4 Å². The quantitative estimate of drug-likeness (QED) is 0.376. The molecule has 8 nitrogen and oxygen atoms in total. The highest BCUT2D eigenvalue weighted by molar-refractivity contribution is 6.11. The summed E-state index contributed by atoms with van der Waals surface area (Å²) in [6, 6.07) is 13.9. The van der Waals surface area contributed by atoms with E-state index < -0.39 is 18.1 Å². The number of benzene rings is 2. The van der Waals surface area contributed by atoms with E-state index in [1.807, 2.05) is 24.3 Å². The lowest BCUT2D eigenvalue weighted by Gasteiger charge is -2.10. The molecule has 2 heterocycles. The van der Waals surface area contributed by atoms with Crippen LogP contribution in [0.1, 0.15) is 26.5 Å². The lowest BCUT2D eigenvalue weighted by molar-refractivity contribution is 0.0468. The number of ketones is 1. The van der Waals surface area contributed by atoms with Gasteiger partial charge in [-0.25, -0.2) is 9.48 Å². The highest BCUT2D eigenvalue weighted by Crippen LogP contribution is 2.22. The van der Waals surface area contributed by atoms with Crippen molar-refractivity contribution < 1.29 is 19.4 Å². The Morgan fingerprint density at radius 3 is 2.47 bits per heavy atom. The van der Waals surface area contributed by atoms with Gasteiger partial charge in [-0.2, -0.15) is 5.10 Å². The Kier molecular flexibility index (Phi) is 5.16. The average molecular weight is 405 g/mol. The molecule has 4 rings (SSSR count). The molecule has 0 saturated carbocycles. The van der Waals surface area contributed by atoms with Crippen molar-refractivity contribution in [2.24, 2.45) is 0 Å². The zero-order chi connectivity index (χ0) is 21.3. The van der Waals surface area contributed by atoms with Gasteiger partial charge in [0.25, 0.3) is 5.56 Å². The first-order valence-electron chi connectivity index (χ1n) is 9.39. The first kappa shape index (κ1) is 19.5. The first-order valence-corrected chi connectivity index (χ1v) is 9.39. The third-order valence-electron chi connectivity index (χ3n) is 4.88. The molecule has 2 aromatic carbocycles. The van der Waals surface area contributed by atoms with Crippen LogP contribution in [0, 0.1) is 6.92 Å². The number of H-pyrrole nitrogens is 1. The van der Waals surface area contributed by atoms with Gasteiger partial charge >= 0.3 is 5.97 Å². The molecule has 4 aromatic rings. The van der Waals surface area contributed by atoms with E-state index in [-0.39, 0.29) is 30.0 Å². The molecule has 0 bridgehead atoms. The largest absolute Gasteiger partial charge is 0.452 e. The van der Waals surface area contributed by atoms with Gasteiger partial charge in [0.05, 0.1) is 18.5 Å². The van der Waals surface area contributed by atoms with Crippen LogP contribution in [0.15, 0.2) is 53.3 Å². The number of hydrogen-bond donors (Lipinski definition) is 2. The highest BCUT2D eigenvalue weighted by Gasteiger charge is 2.21. The number of nitrogens with one attached hydrogen (secondary N) is 1. The Labute approximate surface area is 170 Å². The maximum absolute atomic E-state index is 12.8. The molecule has 0 atom stereocenters. The lowest BCUT2D eigenvalue weighted by atomic mass is 10.1. The van der Waals surface area contributed by atoms with E-state index in [1.54, 1.807) is 31.2 Å². The molecule has 0 unspecified atom stereocenters. The predicted molar refractivity (Wildman–Crippen MR) is 111 cm³/mol. The number of ether oxygens (including phenoxy) is 1. The summed E-state index contributed by atoms with van der Waals surface area (Å²) in [6.07, 6.45) is 0. The van der Waals surface area contributed by atoms with Gasteiger partial charge in [-0.05, 0) is 19.1 Å². The molecule has 8 heteroatoms. The number of rotatable bonds is 6. The standard InChI is InChI=1S/C22H19N3O5/c1-13-19(16-8-4-5-9-17(16)23-13)18(27)12-30-22(29)20-14-6-2-3-7-15(14)21(28)25(24-20)10-11-26/h2-9,23,26H,10-12H2,1H3. The number of Topliss-reactive ketones (excluding diaryl/α,β-unsaturated/α-hetero) is 1. The summed E-state index contributed by atoms with van der Waals surface area (Å²) >= 11 is 0. The number of aromatic amines is 1. The number of nitrogens with zero attached hydrogens (tertiary/aromatic N) is 2. The summed E-state index contributed by atoms with van der Waals surface area (Å²) in [5, 5.41) is 14.6. The number of aryl methyl sites for hydroxylation is 1. The van der Waals surface area contributed by atoms with E-state index in [2.05, 4.69) is 10.1 Å². The summed E-state index contributed by atoms with van der Waals surface area (Å²) in [5.41, 5.74) is 1.50. The van der Waals surface area contributed by atoms with Crippen molar-refractivity contribution in [1.82, 2.24) is 14.8 Å². The fraction of sp³-hybridized carbons (Fsp3) is 0.182. The normalized spacial score (nSPS) is 11.1. The molecule has 0 fully saturated rings. The van der Waals surface area contributed by atoms with Crippen molar-refractivity contribution in [3.63, 3.8) is 0 Å². The van der Waals surface area contributed by atoms with E-state index in [1.165, 1.54) is 0 Å². The van der Waals surface area contributed by atoms with Crippen LogP contribution >= 0.6 is 0 Å². The molecule has 0 saturated heterocycles. The number of esters is 1. The Morgan fingerprint density at radius 2 is 1.73 bits per heavy atom. The van der Waals surface area contributed by atoms with Gasteiger partial charge in [0.15, 0.2) is 12.3 Å². The molecule has 2 aromatic heterocycles. The van der Waals surface area contributed by atoms with Crippen molar-refractivity contribution in [2.75, 3.05) is 13.2 Å². The summed E-state index contributed by atoms with van der Waals surface area (Å²) < 4.78 is 6.27. The summed E-state index contributed by atoms with van der Waals surface area (Å²) in [7, 11) is 0. The van der Waals surface area contributed by atoms with Crippen LogP contribution in [0.4, 0.5) is 0 Å². The Hall–Kier alpha value is -3.78. The molecule has 0 radical (unpaired) electrons. The Morgan fingerprint density at radius 1 is 1.07 bits per heavy atom. The van der Waals surface area contributed by atoms with Crippen LogP contribution in [0.5, 0.6) is 0 Å². The fourth-order valence-corrected chi connectivity index (χ4v) is 3.54. The van der Waals surface area contributed by atoms with E-state index in [4.69, 9.17) is 4.74 Å². The summed E-state index contributed by atoms with van der Waals surface area (Å²) in [5.74, 6) is -1.16. The topological polar surface area (TPSA) is 114 Å². The number of aliphatic hydroxyl groups is 1. The monoisotopic (exact) mass is 405 g/mol. The molecule has 152 valence electrons. The fourth-order valence-electron chi connectivity index (χ4n) is 3.54. The Balaban J connectivity index is 1.63. The van der Waals surface area contributed by atoms with Gasteiger partial charge in [-0.15, -0.1) is 0 Å². The van der Waals surface area contributed by atoms with Crippen molar-refractivity contribution in [1.29, 1.82) is 0 Å². The van der Waals surface area contributed by atoms with Crippen molar-refractivity contribution in [2.45, 2.75) is 13.5 Å². The van der Waals surface area contributed by atoms with Crippen molar-refractivity contribution in [3.8, 4) is 0 Å². The van der Waals surface area contributed by atoms with Gasteiger partial charge in [0.2, 0.25) is 5.78 Å². The first-order chi connectivity index (χ1) is 14.5. The van der Waals surface area contributed by atoms with Crippen LogP contribution in [-0.4, -0.2) is 44.8 Å². The highest BCUT2D eigenvalue weighted by atomic mass is 16.5. The van der Waals surface area contributed by atoms with Crippen LogP contribution in [-0.2, 0) is 11.3 Å². The maximum atomic E-state index is 12.8. The third kappa shape index (κ3) is 3.37. The van der Waals surface area contributed by atoms with Crippen LogP contribution in [0.25, 0.3) is 21.7 Å². The number of carbonyl (C=O) groups excluding carboxylic acids is 2. The second-order valence-electron chi connectivity index (χ2n) is 6.82. The van der Waals surface area contributed by atoms with Crippen LogP contribution < -0.4 is 5.56 Å². The minimum atomic E-state index is -0.816. The van der Waals surface area contributed by atoms with Crippen molar-refractivity contribution in [3.05, 3.63) is 75.8 Å². The van der Waals surface area contributed by atoms with Gasteiger partial charge in [0, 0.05) is 27.5 Å². The molecular formula is C22H19N3O5. The number of carbonyl (C=O) groups is 2. The third-order valence-corrected chi connectivity index (χ3v) is 4.88. The van der Waals surface area contributed by atoms with Gasteiger partial charge in [-0.3, -0.25) is 9.59 Å². The molecule has 0 spiro atoms. The number of para-hydroxylation sites is 1. The number of aliphatic hydroxyl groups excluding tert-OH is 1. The molecule has 0 amide bonds. The zero-order valence-corrected chi connectivity index (χ0v) is 16.2. The minimum absolute atomic E-state index is 0.0581. The van der Waals surface area contributed by atoms with Gasteiger partial charge in [-0.1, -0.05) is 36.4 Å². The van der Waals surface area contributed by atoms with Crippen LogP contribution in [0.3, 0.4) is 0 Å². The van der Waals surface area contributed by atoms with Gasteiger partial charge < -0.3 is 14.8 Å². The number of fused-ring (bicyclic) bond motifs is 2. The number of hydrogen-bond acceptors (Lipinski definition) is 6. The van der Waals surface area contributed by atoms with E-state index in [0.717, 1.165) is 15.6 Å². The second-order valence-corrected chi connectivity index (χ2v) is 6.82. The minimum Gasteiger partial charge on any atom is -0.452 e. The maximum Gasteiger partial charge on any atom is 0.359 e. The lowest BCUT2D eigenvalue weighted by Crippen LogP contribution is -2.28. The summed E-state index contributed by atoms with van der Waals surface area (Å²) in [4.78, 5) is 41.1. The molecule has 2 N–H and O–H groups in total. The summed E-state index contributed by atoms with van der Waals surface area (Å²) in [6.45, 7) is 0.959. The van der Waals surface area contributed by atoms with E-state index in [9.17, 15) is 19.5 Å². The molecule has 0 aliphatic carbocycles. The van der Waals surface area contributed by atoms with E-state index >= 15 is 0 Å². The second kappa shape index (κ2) is 7.92. The Bertz CT molecular complexity index is 1340. The van der Waals surface area contributed by atoms with Crippen LogP contribution in [0.2, 0.25) is 0 Å². The SMILES string of the molecule is Cc1[nH]c2ccccc2c1C(=O)COC(=O)c1nn(CCO)c(=O)c2ccccc12. The smallest absolute Gasteiger partial charge is 0.359 e. The van der Waals surface area contributed by atoms with Gasteiger partial charge in [0.1, 0.15) is 0 Å². The van der Waals surface area contributed by atoms with E-state index in [0.29, 0.717) is 16.6 Å². The molecule has 0 aliphatic heterocycles. The molecule has 30 heavy (non-hydrogen) atoms. The number of aromatic nitrogens is 3. The average Bonchev–Trinajstić information content (AvgIpc) is 3.09. The zero-order valence-electron chi connectivity index (χ0n) is 16.2.